The van der Waals surface area contributed by atoms with Crippen LogP contribution in [0.25, 0.3) is 10.1 Å². The highest BCUT2D eigenvalue weighted by Crippen LogP contribution is 2.26. The second-order valence-electron chi connectivity index (χ2n) is 7.92. The first-order chi connectivity index (χ1) is 16.3. The number of hydrogen-bond acceptors (Lipinski definition) is 7. The Morgan fingerprint density at radius 1 is 0.879 bits per heavy atom. The normalized spacial score (nSPS) is 13.8. The molecule has 2 N–H and O–H groups in total. The van der Waals surface area contributed by atoms with Gasteiger partial charge < -0.3 is 20.4 Å². The number of piperazine rings is 1. The van der Waals surface area contributed by atoms with Gasteiger partial charge in [0.2, 0.25) is 0 Å². The molecule has 168 valence electrons. The Hall–Kier alpha value is -3.65. The second-order valence-corrected chi connectivity index (χ2v) is 8.72. The minimum atomic E-state index is -0.162. The molecule has 4 aromatic rings. The average Bonchev–Trinajstić information content (AvgIpc) is 3.30. The fraction of sp³-hybridized carbons (Fsp3) is 0.240. The van der Waals surface area contributed by atoms with Crippen LogP contribution in [0.2, 0.25) is 0 Å². The predicted molar refractivity (Wildman–Crippen MR) is 136 cm³/mol. The van der Waals surface area contributed by atoms with Crippen LogP contribution in [0, 0.1) is 0 Å². The maximum Gasteiger partial charge on any atom is 0.270 e. The van der Waals surface area contributed by atoms with Crippen LogP contribution in [0.5, 0.6) is 0 Å². The molecule has 0 saturated carbocycles. The molecular formula is C25H26N6OS. The third kappa shape index (κ3) is 4.90. The fourth-order valence-corrected chi connectivity index (χ4v) is 4.82. The summed E-state index contributed by atoms with van der Waals surface area (Å²) >= 11 is 1.47. The van der Waals surface area contributed by atoms with Crippen LogP contribution in [0.15, 0.2) is 72.9 Å². The number of benzene rings is 2. The van der Waals surface area contributed by atoms with E-state index < -0.39 is 0 Å². The zero-order valence-electron chi connectivity index (χ0n) is 18.3. The molecule has 0 unspecified atom stereocenters. The number of carbonyl (C=O) groups is 1. The van der Waals surface area contributed by atoms with Crippen molar-refractivity contribution in [2.24, 2.45) is 0 Å². The number of carbonyl (C=O) groups excluding carboxylic acids is 1. The largest absolute Gasteiger partial charge is 0.368 e. The topological polar surface area (TPSA) is 73.4 Å². The minimum Gasteiger partial charge on any atom is -0.368 e. The second kappa shape index (κ2) is 9.87. The molecule has 1 amide bonds. The Morgan fingerprint density at radius 3 is 2.42 bits per heavy atom. The summed E-state index contributed by atoms with van der Waals surface area (Å²) in [5, 5.41) is 7.37. The Balaban J connectivity index is 1.13. The molecule has 1 saturated heterocycles. The van der Waals surface area contributed by atoms with Crippen LogP contribution in [0.4, 0.5) is 17.2 Å². The third-order valence-corrected chi connectivity index (χ3v) is 6.65. The fourth-order valence-electron chi connectivity index (χ4n) is 4.06. The number of amides is 1. The molecule has 2 aromatic carbocycles. The number of aromatic nitrogens is 2. The van der Waals surface area contributed by atoms with Crippen LogP contribution in [0.1, 0.15) is 10.5 Å². The highest BCUT2D eigenvalue weighted by Gasteiger charge is 2.18. The Bertz CT molecular complexity index is 1220. The monoisotopic (exact) mass is 458 g/mol. The Morgan fingerprint density at radius 2 is 1.61 bits per heavy atom. The van der Waals surface area contributed by atoms with Crippen molar-refractivity contribution in [3.8, 4) is 0 Å². The highest BCUT2D eigenvalue weighted by molar-refractivity contribution is 7.13. The molecule has 0 spiro atoms. The summed E-state index contributed by atoms with van der Waals surface area (Å²) in [6.07, 6.45) is 1.72. The SMILES string of the molecule is O=C(NCCNc1nsc2ccccc12)c1cc(N2CCN(c3ccccc3)CC2)ccn1. The van der Waals surface area contributed by atoms with Gasteiger partial charge in [-0.1, -0.05) is 30.3 Å². The Kier molecular flexibility index (Phi) is 6.34. The van der Waals surface area contributed by atoms with Crippen molar-refractivity contribution in [2.45, 2.75) is 0 Å². The van der Waals surface area contributed by atoms with E-state index in [-0.39, 0.29) is 5.91 Å². The molecule has 8 heteroatoms. The van der Waals surface area contributed by atoms with Gasteiger partial charge in [0.15, 0.2) is 0 Å². The van der Waals surface area contributed by atoms with E-state index in [9.17, 15) is 4.79 Å². The average molecular weight is 459 g/mol. The van der Waals surface area contributed by atoms with Gasteiger partial charge in [-0.25, -0.2) is 0 Å². The van der Waals surface area contributed by atoms with Crippen LogP contribution in [0.3, 0.4) is 0 Å². The molecule has 0 aliphatic carbocycles. The van der Waals surface area contributed by atoms with Crippen molar-refractivity contribution in [3.05, 3.63) is 78.6 Å². The maximum atomic E-state index is 12.6. The molecule has 33 heavy (non-hydrogen) atoms. The Labute approximate surface area is 197 Å². The highest BCUT2D eigenvalue weighted by atomic mass is 32.1. The van der Waals surface area contributed by atoms with Crippen molar-refractivity contribution < 1.29 is 4.79 Å². The van der Waals surface area contributed by atoms with E-state index in [4.69, 9.17) is 0 Å². The van der Waals surface area contributed by atoms with E-state index in [1.807, 2.05) is 30.3 Å². The first-order valence-electron chi connectivity index (χ1n) is 11.2. The molecule has 5 rings (SSSR count). The third-order valence-electron chi connectivity index (χ3n) is 5.82. The zero-order chi connectivity index (χ0) is 22.5. The summed E-state index contributed by atoms with van der Waals surface area (Å²) in [5.41, 5.74) is 2.73. The number of para-hydroxylation sites is 1. The van der Waals surface area contributed by atoms with Gasteiger partial charge in [0.1, 0.15) is 11.5 Å². The van der Waals surface area contributed by atoms with Crippen LogP contribution < -0.4 is 20.4 Å². The molecule has 0 radical (unpaired) electrons. The van der Waals surface area contributed by atoms with Gasteiger partial charge in [0.05, 0.1) is 4.70 Å². The van der Waals surface area contributed by atoms with Gasteiger partial charge in [-0.3, -0.25) is 9.78 Å². The number of rotatable bonds is 7. The molecule has 1 aliphatic rings. The quantitative estimate of drug-likeness (QED) is 0.410. The number of nitrogens with one attached hydrogen (secondary N) is 2. The first-order valence-corrected chi connectivity index (χ1v) is 11.9. The van der Waals surface area contributed by atoms with Gasteiger partial charge in [0, 0.05) is 62.2 Å². The number of hydrogen-bond donors (Lipinski definition) is 2. The summed E-state index contributed by atoms with van der Waals surface area (Å²) in [6, 6.07) is 22.5. The van der Waals surface area contributed by atoms with E-state index in [0.717, 1.165) is 47.8 Å². The van der Waals surface area contributed by atoms with E-state index >= 15 is 0 Å². The number of nitrogens with zero attached hydrogens (tertiary/aromatic N) is 4. The summed E-state index contributed by atoms with van der Waals surface area (Å²) < 4.78 is 5.60. The van der Waals surface area contributed by atoms with E-state index in [0.29, 0.717) is 18.8 Å². The van der Waals surface area contributed by atoms with Crippen molar-refractivity contribution in [3.63, 3.8) is 0 Å². The van der Waals surface area contributed by atoms with Crippen LogP contribution >= 0.6 is 11.5 Å². The van der Waals surface area contributed by atoms with Crippen molar-refractivity contribution in [2.75, 3.05) is 54.4 Å². The maximum absolute atomic E-state index is 12.6. The van der Waals surface area contributed by atoms with Gasteiger partial charge in [-0.2, -0.15) is 4.37 Å². The standard InChI is InChI=1S/C25H26N6OS/c32-25(28-13-12-27-24-21-8-4-5-9-23(21)33-29-24)22-18-20(10-11-26-22)31-16-14-30(15-17-31)19-6-2-1-3-7-19/h1-11,18H,12-17H2,(H,27,29)(H,28,32). The van der Waals surface area contributed by atoms with Crippen LogP contribution in [-0.4, -0.2) is 54.5 Å². The van der Waals surface area contributed by atoms with Gasteiger partial charge in [0.25, 0.3) is 5.91 Å². The lowest BCUT2D eigenvalue weighted by Crippen LogP contribution is -2.46. The van der Waals surface area contributed by atoms with Crippen molar-refractivity contribution in [1.29, 1.82) is 0 Å². The predicted octanol–water partition coefficient (Wildman–Crippen LogP) is 3.86. The summed E-state index contributed by atoms with van der Waals surface area (Å²) in [6.45, 7) is 4.81. The minimum absolute atomic E-state index is 0.162. The lowest BCUT2D eigenvalue weighted by Gasteiger charge is -2.37. The molecule has 3 heterocycles. The summed E-state index contributed by atoms with van der Waals surface area (Å²) in [4.78, 5) is 21.6. The first kappa shape index (κ1) is 21.2. The molecule has 1 aliphatic heterocycles. The molecule has 7 nitrogen and oxygen atoms in total. The molecule has 0 atom stereocenters. The van der Waals surface area contributed by atoms with Gasteiger partial charge in [-0.15, -0.1) is 0 Å². The molecular weight excluding hydrogens is 432 g/mol. The summed E-state index contributed by atoms with van der Waals surface area (Å²) in [7, 11) is 0. The lowest BCUT2D eigenvalue weighted by molar-refractivity contribution is 0.0950. The van der Waals surface area contributed by atoms with Crippen LogP contribution in [-0.2, 0) is 0 Å². The van der Waals surface area contributed by atoms with Crippen molar-refractivity contribution >= 4 is 44.7 Å². The molecule has 0 bridgehead atoms. The van der Waals surface area contributed by atoms with E-state index in [1.165, 1.54) is 17.2 Å². The number of pyridine rings is 1. The molecule has 2 aromatic heterocycles. The number of fused-ring (bicyclic) bond motifs is 1. The van der Waals surface area contributed by atoms with Gasteiger partial charge >= 0.3 is 0 Å². The van der Waals surface area contributed by atoms with E-state index in [1.54, 1.807) is 6.20 Å². The van der Waals surface area contributed by atoms with Crippen molar-refractivity contribution in [1.82, 2.24) is 14.7 Å². The smallest absolute Gasteiger partial charge is 0.270 e. The zero-order valence-corrected chi connectivity index (χ0v) is 19.1. The number of anilines is 3. The van der Waals surface area contributed by atoms with E-state index in [2.05, 4.69) is 66.2 Å². The lowest BCUT2D eigenvalue weighted by atomic mass is 10.2. The summed E-state index contributed by atoms with van der Waals surface area (Å²) in [5.74, 6) is 0.698. The molecule has 1 fully saturated rings. The van der Waals surface area contributed by atoms with Gasteiger partial charge in [-0.05, 0) is 47.9 Å².